The van der Waals surface area contributed by atoms with Gasteiger partial charge >= 0.3 is 11.9 Å². The normalized spacial score (nSPS) is 43.4. The van der Waals surface area contributed by atoms with E-state index in [1.165, 1.54) is 0 Å². The molecule has 2 N–H and O–H groups in total. The first-order valence-corrected chi connectivity index (χ1v) is 6.19. The molecule has 2 aliphatic rings. The van der Waals surface area contributed by atoms with Crippen LogP contribution in [0.25, 0.3) is 0 Å². The number of carboxylic acid groups (broad SMARTS) is 2. The minimum atomic E-state index is -0.849. The first-order valence-electron chi connectivity index (χ1n) is 6.19. The second-order valence-electron chi connectivity index (χ2n) is 6.37. The number of hydrogen-bond acceptors (Lipinski definition) is 2. The fraction of sp³-hybridized carbons (Fsp3) is 0.846. The van der Waals surface area contributed by atoms with Crippen molar-refractivity contribution in [3.05, 3.63) is 0 Å². The van der Waals surface area contributed by atoms with Crippen LogP contribution in [0, 0.1) is 28.6 Å². The maximum Gasteiger partial charge on any atom is 0.310 e. The summed E-state index contributed by atoms with van der Waals surface area (Å²) >= 11 is 0. The van der Waals surface area contributed by atoms with Crippen molar-refractivity contribution in [2.45, 2.75) is 40.0 Å². The van der Waals surface area contributed by atoms with Crippen LogP contribution in [0.5, 0.6) is 0 Å². The molecule has 0 saturated heterocycles. The number of aliphatic carboxylic acids is 2. The Morgan fingerprint density at radius 2 is 1.76 bits per heavy atom. The molecule has 0 aromatic carbocycles. The second-order valence-corrected chi connectivity index (χ2v) is 6.37. The predicted octanol–water partition coefficient (Wildman–Crippen LogP) is 2.23. The van der Waals surface area contributed by atoms with Gasteiger partial charge in [0.2, 0.25) is 0 Å². The van der Waals surface area contributed by atoms with Crippen LogP contribution < -0.4 is 0 Å². The predicted molar refractivity (Wildman–Crippen MR) is 61.5 cm³/mol. The van der Waals surface area contributed by atoms with Crippen LogP contribution in [-0.4, -0.2) is 22.2 Å². The monoisotopic (exact) mass is 240 g/mol. The molecule has 17 heavy (non-hydrogen) atoms. The van der Waals surface area contributed by atoms with Gasteiger partial charge in [0, 0.05) is 0 Å². The van der Waals surface area contributed by atoms with Gasteiger partial charge in [0.1, 0.15) is 0 Å². The van der Waals surface area contributed by atoms with E-state index in [-0.39, 0.29) is 5.92 Å². The zero-order valence-electron chi connectivity index (χ0n) is 10.6. The molecule has 4 nitrogen and oxygen atoms in total. The third-order valence-corrected chi connectivity index (χ3v) is 5.28. The standard InChI is InChI=1S/C13H20O4/c1-7-4-8-5-9(10(14)15)12(2,3)13(8,6-7)11(16)17/h7-9H,4-6H2,1-3H3,(H,14,15)(H,16,17). The average molecular weight is 240 g/mol. The van der Waals surface area contributed by atoms with Gasteiger partial charge in [-0.25, -0.2) is 0 Å². The van der Waals surface area contributed by atoms with Crippen LogP contribution in [-0.2, 0) is 9.59 Å². The molecule has 0 aliphatic heterocycles. The SMILES string of the molecule is CC1CC2CC(C(=O)O)C(C)(C)C2(C(=O)O)C1. The van der Waals surface area contributed by atoms with Crippen molar-refractivity contribution in [3.8, 4) is 0 Å². The lowest BCUT2D eigenvalue weighted by molar-refractivity contribution is -0.161. The van der Waals surface area contributed by atoms with Crippen molar-refractivity contribution in [2.75, 3.05) is 0 Å². The van der Waals surface area contributed by atoms with Crippen molar-refractivity contribution in [1.29, 1.82) is 0 Å². The molecule has 0 radical (unpaired) electrons. The minimum absolute atomic E-state index is 0.0195. The summed E-state index contributed by atoms with van der Waals surface area (Å²) < 4.78 is 0. The number of rotatable bonds is 2. The van der Waals surface area contributed by atoms with Crippen molar-refractivity contribution >= 4 is 11.9 Å². The number of fused-ring (bicyclic) bond motifs is 1. The zero-order valence-corrected chi connectivity index (χ0v) is 10.6. The highest BCUT2D eigenvalue weighted by molar-refractivity contribution is 5.81. The highest BCUT2D eigenvalue weighted by Crippen LogP contribution is 2.67. The number of carbonyl (C=O) groups is 2. The van der Waals surface area contributed by atoms with Gasteiger partial charge in [-0.2, -0.15) is 0 Å². The molecule has 0 spiro atoms. The van der Waals surface area contributed by atoms with Gasteiger partial charge in [-0.1, -0.05) is 20.8 Å². The van der Waals surface area contributed by atoms with Crippen LogP contribution in [0.1, 0.15) is 40.0 Å². The molecule has 2 saturated carbocycles. The molecule has 96 valence electrons. The Balaban J connectivity index is 2.49. The maximum absolute atomic E-state index is 11.7. The Bertz CT molecular complexity index is 374. The van der Waals surface area contributed by atoms with E-state index in [2.05, 4.69) is 6.92 Å². The van der Waals surface area contributed by atoms with E-state index in [1.54, 1.807) is 0 Å². The van der Waals surface area contributed by atoms with Gasteiger partial charge in [-0.15, -0.1) is 0 Å². The van der Waals surface area contributed by atoms with Crippen LogP contribution in [0.2, 0.25) is 0 Å². The van der Waals surface area contributed by atoms with E-state index in [0.29, 0.717) is 18.8 Å². The lowest BCUT2D eigenvalue weighted by atomic mass is 9.62. The number of carboxylic acids is 2. The fourth-order valence-corrected chi connectivity index (χ4v) is 4.41. The van der Waals surface area contributed by atoms with Crippen molar-refractivity contribution < 1.29 is 19.8 Å². The highest BCUT2D eigenvalue weighted by atomic mass is 16.4. The number of hydrogen-bond donors (Lipinski definition) is 2. The van der Waals surface area contributed by atoms with E-state index in [0.717, 1.165) is 6.42 Å². The topological polar surface area (TPSA) is 74.6 Å². The Morgan fingerprint density at radius 3 is 2.18 bits per heavy atom. The summed E-state index contributed by atoms with van der Waals surface area (Å²) in [5.74, 6) is -1.79. The van der Waals surface area contributed by atoms with Gasteiger partial charge in [0.05, 0.1) is 11.3 Å². The Labute approximate surface area is 101 Å². The van der Waals surface area contributed by atoms with Crippen molar-refractivity contribution in [1.82, 2.24) is 0 Å². The summed E-state index contributed by atoms with van der Waals surface area (Å²) in [6.07, 6.45) is 1.97. The second kappa shape index (κ2) is 3.47. The van der Waals surface area contributed by atoms with Gasteiger partial charge in [-0.3, -0.25) is 9.59 Å². The van der Waals surface area contributed by atoms with Gasteiger partial charge in [0.15, 0.2) is 0 Å². The molecular formula is C13H20O4. The van der Waals surface area contributed by atoms with E-state index in [9.17, 15) is 19.8 Å². The zero-order chi connectivity index (χ0) is 13.0. The summed E-state index contributed by atoms with van der Waals surface area (Å²) in [4.78, 5) is 23.0. The first kappa shape index (κ1) is 12.4. The average Bonchev–Trinajstić information content (AvgIpc) is 2.60. The van der Waals surface area contributed by atoms with E-state index in [4.69, 9.17) is 0 Å². The summed E-state index contributed by atoms with van der Waals surface area (Å²) in [7, 11) is 0. The van der Waals surface area contributed by atoms with Crippen LogP contribution in [0.3, 0.4) is 0 Å². The molecular weight excluding hydrogens is 220 g/mol. The highest BCUT2D eigenvalue weighted by Gasteiger charge is 2.68. The van der Waals surface area contributed by atoms with Crippen LogP contribution in [0.15, 0.2) is 0 Å². The van der Waals surface area contributed by atoms with Gasteiger partial charge in [-0.05, 0) is 36.5 Å². The summed E-state index contributed by atoms with van der Waals surface area (Å²) in [6.45, 7) is 5.70. The van der Waals surface area contributed by atoms with Crippen molar-refractivity contribution in [3.63, 3.8) is 0 Å². The summed E-state index contributed by atoms with van der Waals surface area (Å²) in [6, 6.07) is 0. The Morgan fingerprint density at radius 1 is 1.18 bits per heavy atom. The molecule has 4 heteroatoms. The molecule has 2 rings (SSSR count). The lowest BCUT2D eigenvalue weighted by Crippen LogP contribution is -2.45. The van der Waals surface area contributed by atoms with E-state index < -0.39 is 28.7 Å². The largest absolute Gasteiger partial charge is 0.481 e. The summed E-state index contributed by atoms with van der Waals surface area (Å²) in [5, 5.41) is 18.9. The Hall–Kier alpha value is -1.06. The molecule has 4 atom stereocenters. The first-order chi connectivity index (χ1) is 7.73. The molecule has 2 aliphatic carbocycles. The molecule has 2 fully saturated rings. The van der Waals surface area contributed by atoms with E-state index >= 15 is 0 Å². The van der Waals surface area contributed by atoms with Crippen LogP contribution >= 0.6 is 0 Å². The molecule has 0 amide bonds. The minimum Gasteiger partial charge on any atom is -0.481 e. The summed E-state index contributed by atoms with van der Waals surface area (Å²) in [5.41, 5.74) is -1.50. The Kier molecular flexibility index (Phi) is 2.53. The molecule has 0 heterocycles. The maximum atomic E-state index is 11.7. The molecule has 0 aromatic rings. The fourth-order valence-electron chi connectivity index (χ4n) is 4.41. The van der Waals surface area contributed by atoms with Gasteiger partial charge < -0.3 is 10.2 Å². The third kappa shape index (κ3) is 1.36. The van der Waals surface area contributed by atoms with E-state index in [1.807, 2.05) is 13.8 Å². The van der Waals surface area contributed by atoms with Gasteiger partial charge in [0.25, 0.3) is 0 Å². The molecule has 0 bridgehead atoms. The van der Waals surface area contributed by atoms with Crippen molar-refractivity contribution in [2.24, 2.45) is 28.6 Å². The third-order valence-electron chi connectivity index (χ3n) is 5.28. The lowest BCUT2D eigenvalue weighted by Gasteiger charge is -2.39. The van der Waals surface area contributed by atoms with Crippen LogP contribution in [0.4, 0.5) is 0 Å². The molecule has 4 unspecified atom stereocenters. The smallest absolute Gasteiger partial charge is 0.310 e. The quantitative estimate of drug-likeness (QED) is 0.776. The molecule has 0 aromatic heterocycles.